The van der Waals surface area contributed by atoms with Gasteiger partial charge in [0.2, 0.25) is 0 Å². The molecule has 48 valence electrons. The van der Waals surface area contributed by atoms with E-state index >= 15 is 0 Å². The summed E-state index contributed by atoms with van der Waals surface area (Å²) in [5, 5.41) is 24.6. The highest BCUT2D eigenvalue weighted by Gasteiger charge is 2.00. The number of hydrogen-bond donors (Lipinski definition) is 3. The van der Waals surface area contributed by atoms with Crippen LogP contribution in [-0.4, -0.2) is 35.8 Å². The van der Waals surface area contributed by atoms with E-state index in [-0.39, 0.29) is 13.0 Å². The smallest absolute Gasteiger partial charge is 0.430 e. The molecule has 8 heavy (non-hydrogen) atoms. The first-order chi connectivity index (χ1) is 3.81. The van der Waals surface area contributed by atoms with E-state index in [2.05, 4.69) is 4.65 Å². The fraction of sp³-hybridized carbons (Fsp3) is 1.00. The number of aliphatic hydroxyl groups is 2. The van der Waals surface area contributed by atoms with E-state index in [0.717, 1.165) is 0 Å². The van der Waals surface area contributed by atoms with Gasteiger partial charge in [-0.2, -0.15) is 0 Å². The molecule has 3 N–H and O–H groups in total. The molecule has 0 aromatic rings. The minimum absolute atomic E-state index is 0.138. The molecule has 0 rings (SSSR count). The molecular weight excluding hydrogens is 111 g/mol. The Bertz CT molecular complexity index is 44.5. The summed E-state index contributed by atoms with van der Waals surface area (Å²) >= 11 is 0. The second kappa shape index (κ2) is 5.05. The van der Waals surface area contributed by atoms with Gasteiger partial charge >= 0.3 is 7.69 Å². The van der Waals surface area contributed by atoms with E-state index in [9.17, 15) is 0 Å². The van der Waals surface area contributed by atoms with Gasteiger partial charge in [-0.05, 0) is 0 Å². The van der Waals surface area contributed by atoms with Crippen LogP contribution >= 0.6 is 0 Å². The molecule has 0 bridgehead atoms. The van der Waals surface area contributed by atoms with E-state index < -0.39 is 14.0 Å². The summed E-state index contributed by atoms with van der Waals surface area (Å²) < 4.78 is 4.23. The largest absolute Gasteiger partial charge is 0.437 e. The van der Waals surface area contributed by atoms with Gasteiger partial charge in [0.1, 0.15) is 6.29 Å². The summed E-state index contributed by atoms with van der Waals surface area (Å²) in [4.78, 5) is 0. The van der Waals surface area contributed by atoms with Crippen LogP contribution < -0.4 is 0 Å². The maximum Gasteiger partial charge on any atom is 0.437 e. The number of rotatable bonds is 4. The third-order valence-electron chi connectivity index (χ3n) is 0.643. The van der Waals surface area contributed by atoms with Gasteiger partial charge in [-0.15, -0.1) is 0 Å². The summed E-state index contributed by atoms with van der Waals surface area (Å²) in [6.45, 7) is -0.138. The lowest BCUT2D eigenvalue weighted by molar-refractivity contribution is -0.0395. The molecule has 0 spiro atoms. The molecule has 0 aliphatic heterocycles. The topological polar surface area (TPSA) is 69.9 Å². The van der Waals surface area contributed by atoms with Crippen molar-refractivity contribution in [1.82, 2.24) is 0 Å². The monoisotopic (exact) mass is 120 g/mol. The fourth-order valence-corrected chi connectivity index (χ4v) is 0.280. The van der Waals surface area contributed by atoms with Crippen molar-refractivity contribution in [3.8, 4) is 0 Å². The molecule has 0 amide bonds. The van der Waals surface area contributed by atoms with Crippen molar-refractivity contribution < 1.29 is 19.9 Å². The number of aliphatic hydroxyl groups excluding tert-OH is 2. The molecule has 0 saturated carbocycles. The zero-order chi connectivity index (χ0) is 6.41. The van der Waals surface area contributed by atoms with E-state index in [0.29, 0.717) is 0 Å². The Morgan fingerprint density at radius 1 is 1.62 bits per heavy atom. The standard InChI is InChI=1S/C3H9BO4/c5-2-1-3(6)8-4-7/h3-7H,1-2H2. The predicted octanol–water partition coefficient (Wildman–Crippen LogP) is -2.04. The Balaban J connectivity index is 2.92. The van der Waals surface area contributed by atoms with Gasteiger partial charge in [0.05, 0.1) is 0 Å². The zero-order valence-corrected chi connectivity index (χ0v) is 4.45. The summed E-state index contributed by atoms with van der Waals surface area (Å²) in [6, 6.07) is 0. The summed E-state index contributed by atoms with van der Waals surface area (Å²) in [6.07, 6.45) is -0.898. The van der Waals surface area contributed by atoms with Crippen molar-refractivity contribution in [2.45, 2.75) is 12.7 Å². The van der Waals surface area contributed by atoms with Crippen molar-refractivity contribution in [3.63, 3.8) is 0 Å². The predicted molar refractivity (Wildman–Crippen MR) is 28.2 cm³/mol. The van der Waals surface area contributed by atoms with Crippen LogP contribution in [0.4, 0.5) is 0 Å². The molecule has 0 fully saturated rings. The normalized spacial score (nSPS) is 13.4. The molecule has 0 aliphatic rings. The molecule has 0 radical (unpaired) electrons. The summed E-state index contributed by atoms with van der Waals surface area (Å²) in [7, 11) is -0.513. The molecule has 0 heterocycles. The van der Waals surface area contributed by atoms with Crippen LogP contribution in [0.25, 0.3) is 0 Å². The third-order valence-corrected chi connectivity index (χ3v) is 0.643. The maximum atomic E-state index is 8.51. The lowest BCUT2D eigenvalue weighted by Crippen LogP contribution is -2.15. The highest BCUT2D eigenvalue weighted by Crippen LogP contribution is 1.88. The van der Waals surface area contributed by atoms with Crippen molar-refractivity contribution in [2.75, 3.05) is 6.61 Å². The molecular formula is C3H9BO4. The Labute approximate surface area is 48.0 Å². The molecule has 0 saturated heterocycles. The average Bonchev–Trinajstić information content (AvgIpc) is 1.68. The maximum absolute atomic E-state index is 8.51. The van der Waals surface area contributed by atoms with Crippen molar-refractivity contribution in [1.29, 1.82) is 0 Å². The average molecular weight is 120 g/mol. The summed E-state index contributed by atoms with van der Waals surface area (Å²) in [5.74, 6) is 0. The molecule has 0 aromatic carbocycles. The Hall–Kier alpha value is -0.0951. The lowest BCUT2D eigenvalue weighted by Gasteiger charge is -2.05. The van der Waals surface area contributed by atoms with Crippen LogP contribution in [0.3, 0.4) is 0 Å². The second-order valence-electron chi connectivity index (χ2n) is 1.26. The molecule has 0 aliphatic carbocycles. The second-order valence-corrected chi connectivity index (χ2v) is 1.26. The summed E-state index contributed by atoms with van der Waals surface area (Å²) in [5.41, 5.74) is 0. The van der Waals surface area contributed by atoms with Crippen molar-refractivity contribution in [2.24, 2.45) is 0 Å². The molecule has 4 nitrogen and oxygen atoms in total. The Morgan fingerprint density at radius 3 is 2.62 bits per heavy atom. The minimum atomic E-state index is -1.04. The van der Waals surface area contributed by atoms with Crippen LogP contribution in [0.5, 0.6) is 0 Å². The van der Waals surface area contributed by atoms with E-state index in [1.165, 1.54) is 0 Å². The van der Waals surface area contributed by atoms with Crippen LogP contribution in [0.1, 0.15) is 6.42 Å². The van der Waals surface area contributed by atoms with Gasteiger partial charge in [0, 0.05) is 13.0 Å². The minimum Gasteiger partial charge on any atom is -0.430 e. The molecule has 1 atom stereocenters. The number of hydrogen-bond acceptors (Lipinski definition) is 4. The third kappa shape index (κ3) is 4.07. The quantitative estimate of drug-likeness (QED) is 0.295. The molecule has 0 aromatic heterocycles. The van der Waals surface area contributed by atoms with Crippen LogP contribution in [0.2, 0.25) is 0 Å². The highest BCUT2D eigenvalue weighted by atomic mass is 16.6. The van der Waals surface area contributed by atoms with Gasteiger partial charge in [-0.3, -0.25) is 0 Å². The van der Waals surface area contributed by atoms with Crippen LogP contribution in [0, 0.1) is 0 Å². The van der Waals surface area contributed by atoms with Crippen molar-refractivity contribution in [3.05, 3.63) is 0 Å². The van der Waals surface area contributed by atoms with E-state index in [1.807, 2.05) is 0 Å². The van der Waals surface area contributed by atoms with Crippen molar-refractivity contribution >= 4 is 7.69 Å². The van der Waals surface area contributed by atoms with Crippen LogP contribution in [0.15, 0.2) is 0 Å². The van der Waals surface area contributed by atoms with Crippen LogP contribution in [-0.2, 0) is 4.65 Å². The Kier molecular flexibility index (Phi) is 4.99. The first-order valence-electron chi connectivity index (χ1n) is 2.32. The van der Waals surface area contributed by atoms with Gasteiger partial charge in [0.25, 0.3) is 0 Å². The highest BCUT2D eigenvalue weighted by molar-refractivity contribution is 6.15. The first-order valence-corrected chi connectivity index (χ1v) is 2.32. The molecule has 5 heteroatoms. The van der Waals surface area contributed by atoms with Gasteiger partial charge < -0.3 is 19.9 Å². The molecule has 1 unspecified atom stereocenters. The van der Waals surface area contributed by atoms with E-state index in [4.69, 9.17) is 15.2 Å². The lowest BCUT2D eigenvalue weighted by atomic mass is 10.4. The van der Waals surface area contributed by atoms with Gasteiger partial charge in [0.15, 0.2) is 0 Å². The SMILES string of the molecule is OBOC(O)CCO. The zero-order valence-electron chi connectivity index (χ0n) is 4.45. The van der Waals surface area contributed by atoms with Gasteiger partial charge in [-0.1, -0.05) is 0 Å². The van der Waals surface area contributed by atoms with E-state index in [1.54, 1.807) is 0 Å². The first kappa shape index (κ1) is 7.90. The Morgan fingerprint density at radius 2 is 2.25 bits per heavy atom. The van der Waals surface area contributed by atoms with Gasteiger partial charge in [-0.25, -0.2) is 0 Å². The fourth-order valence-electron chi connectivity index (χ4n) is 0.280.